The van der Waals surface area contributed by atoms with Crippen LogP contribution in [0.4, 0.5) is 18.9 Å². The van der Waals surface area contributed by atoms with Crippen LogP contribution in [-0.2, 0) is 13.2 Å². The molecule has 0 aliphatic carbocycles. The molecule has 147 valence electrons. The summed E-state index contributed by atoms with van der Waals surface area (Å²) in [4.78, 5) is 8.97. The Morgan fingerprint density at radius 3 is 2.46 bits per heavy atom. The molecule has 0 N–H and O–H groups in total. The number of halogens is 3. The number of benzene rings is 2. The molecule has 0 unspecified atom stereocenters. The second kappa shape index (κ2) is 7.47. The molecule has 4 nitrogen and oxygen atoms in total. The standard InChI is InChI=1S/C21H22F3N4/c1-26-19-8-3-2-7-18(19)25-20(26)9-10-27-11-13-28(14-12-27)17-6-4-5-16(15-17)21(22,23)24/h2-9,15H,10-14H2,1H3. The Kier molecular flexibility index (Phi) is 5.02. The Balaban J connectivity index is 1.35. The largest absolute Gasteiger partial charge is 0.416 e. The molecule has 2 heterocycles. The van der Waals surface area contributed by atoms with Gasteiger partial charge in [0, 0.05) is 51.9 Å². The number of fused-ring (bicyclic) bond motifs is 1. The molecular formula is C21H22F3N4. The van der Waals surface area contributed by atoms with Gasteiger partial charge in [-0.25, -0.2) is 4.98 Å². The molecule has 3 aromatic rings. The summed E-state index contributed by atoms with van der Waals surface area (Å²) in [6.45, 7) is 3.79. The zero-order chi connectivity index (χ0) is 19.7. The van der Waals surface area contributed by atoms with Crippen LogP contribution in [-0.4, -0.2) is 47.2 Å². The molecule has 28 heavy (non-hydrogen) atoms. The van der Waals surface area contributed by atoms with Crippen LogP contribution >= 0.6 is 0 Å². The highest BCUT2D eigenvalue weighted by Crippen LogP contribution is 2.31. The summed E-state index contributed by atoms with van der Waals surface area (Å²) in [5, 5.41) is 0. The second-order valence-electron chi connectivity index (χ2n) is 7.06. The molecule has 1 fully saturated rings. The number of aryl methyl sites for hydroxylation is 1. The smallest absolute Gasteiger partial charge is 0.369 e. The number of anilines is 1. The number of aromatic nitrogens is 2. The molecule has 0 bridgehead atoms. The van der Waals surface area contributed by atoms with Crippen molar-refractivity contribution in [3.05, 3.63) is 66.3 Å². The van der Waals surface area contributed by atoms with Crippen molar-refractivity contribution < 1.29 is 13.2 Å². The highest BCUT2D eigenvalue weighted by Gasteiger charge is 2.31. The van der Waals surface area contributed by atoms with E-state index in [4.69, 9.17) is 0 Å². The normalized spacial score (nSPS) is 16.1. The number of imidazole rings is 1. The van der Waals surface area contributed by atoms with Gasteiger partial charge in [0.25, 0.3) is 0 Å². The van der Waals surface area contributed by atoms with Gasteiger partial charge in [0.15, 0.2) is 0 Å². The SMILES string of the molecule is Cn1c([CH]CN2CCN(c3cccc(C(F)(F)F)c3)CC2)nc2ccccc21. The highest BCUT2D eigenvalue weighted by molar-refractivity contribution is 5.76. The summed E-state index contributed by atoms with van der Waals surface area (Å²) in [7, 11) is 2.01. The maximum Gasteiger partial charge on any atom is 0.416 e. The number of alkyl halides is 3. The Bertz CT molecular complexity index is 956. The van der Waals surface area contributed by atoms with Crippen LogP contribution in [0.3, 0.4) is 0 Å². The van der Waals surface area contributed by atoms with Crippen LogP contribution in [0, 0.1) is 6.42 Å². The van der Waals surface area contributed by atoms with E-state index in [2.05, 4.69) is 20.9 Å². The number of hydrogen-bond donors (Lipinski definition) is 0. The average Bonchev–Trinajstić information content (AvgIpc) is 3.02. The summed E-state index contributed by atoms with van der Waals surface area (Å²) in [5.74, 6) is 0.932. The summed E-state index contributed by atoms with van der Waals surface area (Å²) in [5.41, 5.74) is 2.12. The van der Waals surface area contributed by atoms with Crippen molar-refractivity contribution in [3.8, 4) is 0 Å². The predicted molar refractivity (Wildman–Crippen MR) is 104 cm³/mol. The Morgan fingerprint density at radius 2 is 1.75 bits per heavy atom. The lowest BCUT2D eigenvalue weighted by Gasteiger charge is -2.36. The second-order valence-corrected chi connectivity index (χ2v) is 7.06. The van der Waals surface area contributed by atoms with Gasteiger partial charge in [0.1, 0.15) is 5.82 Å². The molecule has 1 aliphatic rings. The average molecular weight is 387 g/mol. The minimum Gasteiger partial charge on any atom is -0.369 e. The maximum absolute atomic E-state index is 12.9. The molecule has 0 amide bonds. The Morgan fingerprint density at radius 1 is 1.00 bits per heavy atom. The minimum absolute atomic E-state index is 0.595. The van der Waals surface area contributed by atoms with E-state index in [9.17, 15) is 13.2 Å². The first-order valence-electron chi connectivity index (χ1n) is 9.31. The monoisotopic (exact) mass is 387 g/mol. The van der Waals surface area contributed by atoms with Crippen molar-refractivity contribution in [1.29, 1.82) is 0 Å². The molecule has 0 atom stereocenters. The fourth-order valence-corrected chi connectivity index (χ4v) is 3.63. The number of piperazine rings is 1. The van der Waals surface area contributed by atoms with Gasteiger partial charge >= 0.3 is 6.18 Å². The maximum atomic E-state index is 12.9. The summed E-state index contributed by atoms with van der Waals surface area (Å²) >= 11 is 0. The van der Waals surface area contributed by atoms with E-state index in [1.165, 1.54) is 12.1 Å². The van der Waals surface area contributed by atoms with E-state index in [1.807, 2.05) is 36.2 Å². The van der Waals surface area contributed by atoms with Crippen LogP contribution in [0.2, 0.25) is 0 Å². The van der Waals surface area contributed by atoms with Crippen molar-refractivity contribution in [2.24, 2.45) is 7.05 Å². The van der Waals surface area contributed by atoms with Crippen LogP contribution in [0.1, 0.15) is 11.4 Å². The molecule has 2 aromatic carbocycles. The van der Waals surface area contributed by atoms with E-state index in [0.717, 1.165) is 42.6 Å². The van der Waals surface area contributed by atoms with Crippen LogP contribution < -0.4 is 4.90 Å². The topological polar surface area (TPSA) is 24.3 Å². The lowest BCUT2D eigenvalue weighted by atomic mass is 10.1. The first-order valence-corrected chi connectivity index (χ1v) is 9.31. The molecule has 1 aliphatic heterocycles. The highest BCUT2D eigenvalue weighted by atomic mass is 19.4. The molecule has 4 rings (SSSR count). The van der Waals surface area contributed by atoms with E-state index >= 15 is 0 Å². The van der Waals surface area contributed by atoms with Gasteiger partial charge in [-0.05, 0) is 30.3 Å². The number of nitrogens with zero attached hydrogens (tertiary/aromatic N) is 4. The van der Waals surface area contributed by atoms with E-state index in [0.29, 0.717) is 18.8 Å². The van der Waals surface area contributed by atoms with Gasteiger partial charge in [-0.15, -0.1) is 0 Å². The van der Waals surface area contributed by atoms with Gasteiger partial charge < -0.3 is 9.47 Å². The van der Waals surface area contributed by atoms with Crippen molar-refractivity contribution in [2.45, 2.75) is 6.18 Å². The fourth-order valence-electron chi connectivity index (χ4n) is 3.63. The lowest BCUT2D eigenvalue weighted by molar-refractivity contribution is -0.137. The number of para-hydroxylation sites is 2. The van der Waals surface area contributed by atoms with Gasteiger partial charge in [0.05, 0.1) is 16.6 Å². The quantitative estimate of drug-likeness (QED) is 0.677. The first kappa shape index (κ1) is 18.8. The Hall–Kier alpha value is -2.54. The number of rotatable bonds is 4. The first-order chi connectivity index (χ1) is 13.4. The van der Waals surface area contributed by atoms with Crippen molar-refractivity contribution in [2.75, 3.05) is 37.6 Å². The molecule has 0 saturated carbocycles. The van der Waals surface area contributed by atoms with Gasteiger partial charge in [-0.1, -0.05) is 18.2 Å². The van der Waals surface area contributed by atoms with E-state index < -0.39 is 11.7 Å². The summed E-state index contributed by atoms with van der Waals surface area (Å²) in [6, 6.07) is 13.6. The van der Waals surface area contributed by atoms with Crippen molar-refractivity contribution in [1.82, 2.24) is 14.5 Å². The molecule has 1 aromatic heterocycles. The van der Waals surface area contributed by atoms with Crippen LogP contribution in [0.5, 0.6) is 0 Å². The summed E-state index contributed by atoms with van der Waals surface area (Å²) < 4.78 is 40.9. The summed E-state index contributed by atoms with van der Waals surface area (Å²) in [6.07, 6.45) is -2.20. The lowest BCUT2D eigenvalue weighted by Crippen LogP contribution is -2.46. The van der Waals surface area contributed by atoms with Crippen LogP contribution in [0.25, 0.3) is 11.0 Å². The zero-order valence-corrected chi connectivity index (χ0v) is 15.7. The third-order valence-electron chi connectivity index (χ3n) is 5.26. The van der Waals surface area contributed by atoms with E-state index in [-0.39, 0.29) is 0 Å². The van der Waals surface area contributed by atoms with Gasteiger partial charge in [-0.2, -0.15) is 13.2 Å². The number of hydrogen-bond acceptors (Lipinski definition) is 3. The van der Waals surface area contributed by atoms with Crippen molar-refractivity contribution in [3.63, 3.8) is 0 Å². The minimum atomic E-state index is -4.31. The molecular weight excluding hydrogens is 365 g/mol. The van der Waals surface area contributed by atoms with E-state index in [1.54, 1.807) is 6.07 Å². The fraction of sp³-hybridized carbons (Fsp3) is 0.333. The van der Waals surface area contributed by atoms with Gasteiger partial charge in [-0.3, -0.25) is 4.90 Å². The predicted octanol–water partition coefficient (Wildman–Crippen LogP) is 3.97. The third-order valence-corrected chi connectivity index (χ3v) is 5.26. The van der Waals surface area contributed by atoms with Crippen molar-refractivity contribution >= 4 is 16.7 Å². The zero-order valence-electron chi connectivity index (χ0n) is 15.7. The molecule has 1 radical (unpaired) electrons. The van der Waals surface area contributed by atoms with Crippen LogP contribution in [0.15, 0.2) is 48.5 Å². The molecule has 0 spiro atoms. The molecule has 1 saturated heterocycles. The third kappa shape index (κ3) is 3.85. The Labute approximate surface area is 162 Å². The molecule has 7 heteroatoms. The van der Waals surface area contributed by atoms with Gasteiger partial charge in [0.2, 0.25) is 0 Å².